The van der Waals surface area contributed by atoms with Gasteiger partial charge in [0.2, 0.25) is 0 Å². The van der Waals surface area contributed by atoms with Crippen molar-refractivity contribution in [2.24, 2.45) is 0 Å². The molecule has 0 aromatic carbocycles. The van der Waals surface area contributed by atoms with E-state index in [0.29, 0.717) is 18.4 Å². The number of nitrogens with zero attached hydrogens (tertiary/aromatic N) is 2. The normalized spacial score (nSPS) is 12.7. The average molecular weight is 404 g/mol. The summed E-state index contributed by atoms with van der Waals surface area (Å²) in [6, 6.07) is 4.75. The fourth-order valence-electron chi connectivity index (χ4n) is 2.29. The number of sulfone groups is 1. The van der Waals surface area contributed by atoms with Gasteiger partial charge in [0.15, 0.2) is 0 Å². The fourth-order valence-corrected chi connectivity index (χ4v) is 3.71. The van der Waals surface area contributed by atoms with Crippen LogP contribution in [0.5, 0.6) is 0 Å². The lowest BCUT2D eigenvalue weighted by molar-refractivity contribution is 0.0899. The highest BCUT2D eigenvalue weighted by molar-refractivity contribution is 7.90. The standard InChI is InChI=1S/C16H26ClN3O3SSi/c1-24(21,22)9-6-18-14-11-15(17)19-16-13(14)5-7-20(16)12-23-8-10-25(2,3)4/h5,7,11H,6,8-10,12H2,1-4H3,(H,18,19). The summed E-state index contributed by atoms with van der Waals surface area (Å²) in [5.74, 6) is 0.0644. The van der Waals surface area contributed by atoms with Gasteiger partial charge in [0.1, 0.15) is 27.4 Å². The Hall–Kier alpha value is -1.09. The SMILES string of the molecule is C[Si](C)(C)CCOCn1ccc2c(NCCS(C)(=O)=O)cc(Cl)nc21. The van der Waals surface area contributed by atoms with Crippen LogP contribution in [-0.2, 0) is 21.3 Å². The number of hydrogen-bond donors (Lipinski definition) is 1. The molecule has 0 fully saturated rings. The van der Waals surface area contributed by atoms with Crippen LogP contribution in [0, 0.1) is 0 Å². The van der Waals surface area contributed by atoms with Gasteiger partial charge in [-0.15, -0.1) is 0 Å². The first-order valence-electron chi connectivity index (χ1n) is 8.20. The van der Waals surface area contributed by atoms with Crippen LogP contribution < -0.4 is 5.32 Å². The summed E-state index contributed by atoms with van der Waals surface area (Å²) in [5, 5.41) is 4.39. The van der Waals surface area contributed by atoms with E-state index < -0.39 is 17.9 Å². The molecule has 2 aromatic heterocycles. The summed E-state index contributed by atoms with van der Waals surface area (Å²) >= 11 is 6.12. The zero-order valence-corrected chi connectivity index (χ0v) is 17.7. The number of hydrogen-bond acceptors (Lipinski definition) is 5. The Labute approximate surface area is 155 Å². The molecule has 0 saturated heterocycles. The van der Waals surface area contributed by atoms with Crippen molar-refractivity contribution in [3.63, 3.8) is 0 Å². The Kier molecular flexibility index (Phi) is 6.53. The molecule has 6 nitrogen and oxygen atoms in total. The molecule has 0 atom stereocenters. The van der Waals surface area contributed by atoms with Crippen molar-refractivity contribution in [2.75, 3.05) is 30.5 Å². The Morgan fingerprint density at radius 3 is 2.72 bits per heavy atom. The molecule has 2 rings (SSSR count). The summed E-state index contributed by atoms with van der Waals surface area (Å²) in [7, 11) is -4.12. The lowest BCUT2D eigenvalue weighted by atomic mass is 10.3. The van der Waals surface area contributed by atoms with Crippen molar-refractivity contribution in [3.8, 4) is 0 Å². The molecule has 1 N–H and O–H groups in total. The first-order valence-corrected chi connectivity index (χ1v) is 14.3. The lowest BCUT2D eigenvalue weighted by Gasteiger charge is -2.15. The number of anilines is 1. The third-order valence-electron chi connectivity index (χ3n) is 3.72. The van der Waals surface area contributed by atoms with Gasteiger partial charge >= 0.3 is 0 Å². The number of nitrogens with one attached hydrogen (secondary N) is 1. The zero-order valence-electron chi connectivity index (χ0n) is 15.2. The topological polar surface area (TPSA) is 73.2 Å². The quantitative estimate of drug-likeness (QED) is 0.394. The maximum Gasteiger partial charge on any atom is 0.149 e. The fraction of sp³-hybridized carbons (Fsp3) is 0.562. The first-order chi connectivity index (χ1) is 11.6. The highest BCUT2D eigenvalue weighted by Crippen LogP contribution is 2.26. The van der Waals surface area contributed by atoms with Gasteiger partial charge in [-0.3, -0.25) is 0 Å². The molecule has 2 aromatic rings. The minimum absolute atomic E-state index is 0.0644. The van der Waals surface area contributed by atoms with Gasteiger partial charge in [-0.05, 0) is 18.2 Å². The minimum atomic E-state index is -3.01. The summed E-state index contributed by atoms with van der Waals surface area (Å²) in [6.45, 7) is 8.43. The number of fused-ring (bicyclic) bond motifs is 1. The van der Waals surface area contributed by atoms with E-state index in [2.05, 4.69) is 29.9 Å². The van der Waals surface area contributed by atoms with Crippen LogP contribution in [0.1, 0.15) is 0 Å². The predicted octanol–water partition coefficient (Wildman–Crippen LogP) is 3.46. The largest absolute Gasteiger partial charge is 0.383 e. The number of aromatic nitrogens is 2. The average Bonchev–Trinajstić information content (AvgIpc) is 2.84. The molecule has 0 aliphatic carbocycles. The molecule has 0 amide bonds. The van der Waals surface area contributed by atoms with Crippen molar-refractivity contribution in [1.82, 2.24) is 9.55 Å². The minimum Gasteiger partial charge on any atom is -0.383 e. The third kappa shape index (κ3) is 6.61. The van der Waals surface area contributed by atoms with Gasteiger partial charge in [0, 0.05) is 44.8 Å². The highest BCUT2D eigenvalue weighted by atomic mass is 35.5. The molecule has 9 heteroatoms. The first kappa shape index (κ1) is 20.2. The maximum atomic E-state index is 11.3. The second-order valence-corrected chi connectivity index (χ2v) is 15.7. The van der Waals surface area contributed by atoms with Crippen LogP contribution in [0.3, 0.4) is 0 Å². The van der Waals surface area contributed by atoms with Gasteiger partial charge in [0.25, 0.3) is 0 Å². The summed E-state index contributed by atoms with van der Waals surface area (Å²) in [6.07, 6.45) is 3.13. The number of pyridine rings is 1. The van der Waals surface area contributed by atoms with Crippen LogP contribution in [-0.4, -0.2) is 51.2 Å². The second-order valence-electron chi connectivity index (χ2n) is 7.42. The van der Waals surface area contributed by atoms with Crippen LogP contribution >= 0.6 is 11.6 Å². The Morgan fingerprint density at radius 2 is 2.08 bits per heavy atom. The molecule has 0 saturated carbocycles. The zero-order chi connectivity index (χ0) is 18.7. The van der Waals surface area contributed by atoms with E-state index in [4.69, 9.17) is 16.3 Å². The second kappa shape index (κ2) is 8.07. The number of rotatable bonds is 9. The molecular weight excluding hydrogens is 378 g/mol. The van der Waals surface area contributed by atoms with Gasteiger partial charge in [0.05, 0.1) is 5.75 Å². The van der Waals surface area contributed by atoms with Crippen molar-refractivity contribution < 1.29 is 13.2 Å². The maximum absolute atomic E-state index is 11.3. The van der Waals surface area contributed by atoms with Crippen LogP contribution in [0.2, 0.25) is 30.8 Å². The highest BCUT2D eigenvalue weighted by Gasteiger charge is 2.13. The van der Waals surface area contributed by atoms with E-state index in [1.165, 1.54) is 6.26 Å². The molecular formula is C16H26ClN3O3SSi. The van der Waals surface area contributed by atoms with Crippen molar-refractivity contribution in [1.29, 1.82) is 0 Å². The summed E-state index contributed by atoms with van der Waals surface area (Å²) in [5.41, 5.74) is 1.50. The van der Waals surface area contributed by atoms with E-state index >= 15 is 0 Å². The molecule has 0 radical (unpaired) electrons. The Bertz CT molecular complexity index is 831. The van der Waals surface area contributed by atoms with Gasteiger partial charge in [-0.1, -0.05) is 31.2 Å². The van der Waals surface area contributed by atoms with E-state index in [1.54, 1.807) is 6.07 Å². The van der Waals surface area contributed by atoms with Gasteiger partial charge in [-0.2, -0.15) is 0 Å². The number of ether oxygens (including phenoxy) is 1. The van der Waals surface area contributed by atoms with E-state index in [-0.39, 0.29) is 5.75 Å². The molecule has 0 aliphatic rings. The van der Waals surface area contributed by atoms with E-state index in [0.717, 1.165) is 29.4 Å². The van der Waals surface area contributed by atoms with Crippen LogP contribution in [0.15, 0.2) is 18.3 Å². The Morgan fingerprint density at radius 1 is 1.36 bits per heavy atom. The van der Waals surface area contributed by atoms with Gasteiger partial charge < -0.3 is 14.6 Å². The van der Waals surface area contributed by atoms with Crippen LogP contribution in [0.4, 0.5) is 5.69 Å². The molecule has 25 heavy (non-hydrogen) atoms. The van der Waals surface area contributed by atoms with Gasteiger partial charge in [-0.25, -0.2) is 13.4 Å². The molecule has 0 spiro atoms. The van der Waals surface area contributed by atoms with E-state index in [1.807, 2.05) is 16.8 Å². The van der Waals surface area contributed by atoms with E-state index in [9.17, 15) is 8.42 Å². The summed E-state index contributed by atoms with van der Waals surface area (Å²) in [4.78, 5) is 4.38. The lowest BCUT2D eigenvalue weighted by Crippen LogP contribution is -2.22. The smallest absolute Gasteiger partial charge is 0.149 e. The number of halogens is 1. The Balaban J connectivity index is 2.08. The predicted molar refractivity (Wildman–Crippen MR) is 107 cm³/mol. The van der Waals surface area contributed by atoms with Crippen molar-refractivity contribution >= 4 is 46.2 Å². The van der Waals surface area contributed by atoms with Crippen molar-refractivity contribution in [3.05, 3.63) is 23.5 Å². The summed E-state index contributed by atoms with van der Waals surface area (Å²) < 4.78 is 30.2. The monoisotopic (exact) mass is 403 g/mol. The third-order valence-corrected chi connectivity index (χ3v) is 6.56. The van der Waals surface area contributed by atoms with Crippen LogP contribution in [0.25, 0.3) is 11.0 Å². The van der Waals surface area contributed by atoms with Crippen molar-refractivity contribution in [2.45, 2.75) is 32.4 Å². The molecule has 140 valence electrons. The molecule has 2 heterocycles. The molecule has 0 aliphatic heterocycles. The molecule has 0 bridgehead atoms. The molecule has 0 unspecified atom stereocenters.